The van der Waals surface area contributed by atoms with Crippen LogP contribution >= 0.6 is 0 Å². The summed E-state index contributed by atoms with van der Waals surface area (Å²) < 4.78 is 13.1. The van der Waals surface area contributed by atoms with Crippen molar-refractivity contribution in [2.24, 2.45) is 7.05 Å². The third kappa shape index (κ3) is 2.85. The first-order valence-electron chi connectivity index (χ1n) is 5.28. The standard InChI is InChI=1S/C11H13FN4O/c1-16-14-11(13-15-16)6-9(7-17)8-3-2-4-10(12)5-8/h2-5,9,17H,6-7H2,1H3. The van der Waals surface area contributed by atoms with Crippen LogP contribution in [0, 0.1) is 5.82 Å². The molecular formula is C11H13FN4O. The normalized spacial score (nSPS) is 12.6. The van der Waals surface area contributed by atoms with Gasteiger partial charge in [-0.1, -0.05) is 12.1 Å². The van der Waals surface area contributed by atoms with Crippen LogP contribution in [0.1, 0.15) is 17.3 Å². The predicted molar refractivity (Wildman–Crippen MR) is 58.7 cm³/mol. The van der Waals surface area contributed by atoms with E-state index in [4.69, 9.17) is 0 Å². The lowest BCUT2D eigenvalue weighted by Gasteiger charge is -2.12. The highest BCUT2D eigenvalue weighted by Crippen LogP contribution is 2.19. The van der Waals surface area contributed by atoms with Crippen LogP contribution in [0.25, 0.3) is 0 Å². The largest absolute Gasteiger partial charge is 0.396 e. The zero-order valence-corrected chi connectivity index (χ0v) is 9.41. The van der Waals surface area contributed by atoms with Crippen LogP contribution < -0.4 is 0 Å². The SMILES string of the molecule is Cn1nnc(CC(CO)c2cccc(F)c2)n1. The lowest BCUT2D eigenvalue weighted by Crippen LogP contribution is -2.09. The topological polar surface area (TPSA) is 63.8 Å². The molecule has 0 bridgehead atoms. The molecule has 5 nitrogen and oxygen atoms in total. The summed E-state index contributed by atoms with van der Waals surface area (Å²) >= 11 is 0. The van der Waals surface area contributed by atoms with Gasteiger partial charge in [0.1, 0.15) is 5.82 Å². The summed E-state index contributed by atoms with van der Waals surface area (Å²) in [6, 6.07) is 6.19. The number of hydrogen-bond donors (Lipinski definition) is 1. The van der Waals surface area contributed by atoms with E-state index in [0.717, 1.165) is 5.56 Å². The molecule has 0 fully saturated rings. The van der Waals surface area contributed by atoms with E-state index >= 15 is 0 Å². The van der Waals surface area contributed by atoms with Gasteiger partial charge in [0.05, 0.1) is 13.7 Å². The zero-order valence-electron chi connectivity index (χ0n) is 9.41. The Balaban J connectivity index is 2.16. The highest BCUT2D eigenvalue weighted by Gasteiger charge is 2.14. The van der Waals surface area contributed by atoms with Crippen molar-refractivity contribution in [3.8, 4) is 0 Å². The Hall–Kier alpha value is -1.82. The molecule has 1 aromatic carbocycles. The minimum atomic E-state index is -0.312. The number of aliphatic hydroxyl groups excluding tert-OH is 1. The maximum Gasteiger partial charge on any atom is 0.175 e. The van der Waals surface area contributed by atoms with E-state index in [1.54, 1.807) is 19.2 Å². The third-order valence-electron chi connectivity index (χ3n) is 2.52. The van der Waals surface area contributed by atoms with Gasteiger partial charge in [-0.3, -0.25) is 0 Å². The molecule has 1 unspecified atom stereocenters. The zero-order chi connectivity index (χ0) is 12.3. The number of aliphatic hydroxyl groups is 1. The van der Waals surface area contributed by atoms with Gasteiger partial charge in [-0.05, 0) is 22.9 Å². The molecule has 1 N–H and O–H groups in total. The molecule has 0 aliphatic heterocycles. The van der Waals surface area contributed by atoms with Crippen molar-refractivity contribution in [2.45, 2.75) is 12.3 Å². The van der Waals surface area contributed by atoms with Crippen molar-refractivity contribution < 1.29 is 9.50 Å². The highest BCUT2D eigenvalue weighted by molar-refractivity contribution is 5.21. The molecule has 0 aliphatic carbocycles. The van der Waals surface area contributed by atoms with Crippen molar-refractivity contribution >= 4 is 0 Å². The molecule has 2 aromatic rings. The van der Waals surface area contributed by atoms with Crippen LogP contribution in [0.15, 0.2) is 24.3 Å². The molecule has 0 aliphatic rings. The number of rotatable bonds is 4. The van der Waals surface area contributed by atoms with Gasteiger partial charge in [-0.25, -0.2) is 4.39 Å². The second-order valence-electron chi connectivity index (χ2n) is 3.83. The van der Waals surface area contributed by atoms with E-state index in [2.05, 4.69) is 15.4 Å². The molecule has 1 atom stereocenters. The summed E-state index contributed by atoms with van der Waals surface area (Å²) in [7, 11) is 1.67. The Morgan fingerprint density at radius 2 is 2.29 bits per heavy atom. The lowest BCUT2D eigenvalue weighted by atomic mass is 9.96. The Bertz CT molecular complexity index is 500. The molecule has 1 aromatic heterocycles. The van der Waals surface area contributed by atoms with Crippen LogP contribution in [0.5, 0.6) is 0 Å². The molecule has 0 radical (unpaired) electrons. The van der Waals surface area contributed by atoms with Crippen molar-refractivity contribution in [3.05, 3.63) is 41.5 Å². The molecule has 0 amide bonds. The number of halogens is 1. The summed E-state index contributed by atoms with van der Waals surface area (Å²) in [6.45, 7) is -0.0816. The van der Waals surface area contributed by atoms with Crippen LogP contribution in [-0.4, -0.2) is 31.9 Å². The second-order valence-corrected chi connectivity index (χ2v) is 3.83. The Morgan fingerprint density at radius 3 is 2.88 bits per heavy atom. The number of aromatic nitrogens is 4. The molecule has 0 spiro atoms. The van der Waals surface area contributed by atoms with Gasteiger partial charge < -0.3 is 5.11 Å². The summed E-state index contributed by atoms with van der Waals surface area (Å²) in [5.41, 5.74) is 0.736. The predicted octanol–water partition coefficient (Wildman–Crippen LogP) is 0.668. The van der Waals surface area contributed by atoms with Crippen LogP contribution in [0.4, 0.5) is 4.39 Å². The van der Waals surface area contributed by atoms with E-state index in [0.29, 0.717) is 12.2 Å². The lowest BCUT2D eigenvalue weighted by molar-refractivity contribution is 0.263. The van der Waals surface area contributed by atoms with E-state index in [-0.39, 0.29) is 18.3 Å². The average Bonchev–Trinajstić information content (AvgIpc) is 2.72. The van der Waals surface area contributed by atoms with Crippen molar-refractivity contribution in [1.82, 2.24) is 20.2 Å². The van der Waals surface area contributed by atoms with E-state index in [9.17, 15) is 9.50 Å². The maximum absolute atomic E-state index is 13.1. The fourth-order valence-electron chi connectivity index (χ4n) is 1.67. The van der Waals surface area contributed by atoms with Gasteiger partial charge in [0, 0.05) is 12.3 Å². The molecule has 1 heterocycles. The van der Waals surface area contributed by atoms with Crippen LogP contribution in [0.2, 0.25) is 0 Å². The molecule has 2 rings (SSSR count). The van der Waals surface area contributed by atoms with Gasteiger partial charge >= 0.3 is 0 Å². The summed E-state index contributed by atoms with van der Waals surface area (Å²) in [4.78, 5) is 1.36. The number of hydrogen-bond acceptors (Lipinski definition) is 4. The first-order valence-corrected chi connectivity index (χ1v) is 5.28. The van der Waals surface area contributed by atoms with Gasteiger partial charge in [0.2, 0.25) is 0 Å². The van der Waals surface area contributed by atoms with Crippen LogP contribution in [-0.2, 0) is 13.5 Å². The number of aryl methyl sites for hydroxylation is 1. The number of tetrazole rings is 1. The molecule has 6 heteroatoms. The summed E-state index contributed by atoms with van der Waals surface area (Å²) in [6.07, 6.45) is 0.438. The van der Waals surface area contributed by atoms with Gasteiger partial charge in [0.15, 0.2) is 5.82 Å². The summed E-state index contributed by atoms with van der Waals surface area (Å²) in [5, 5.41) is 20.9. The van der Waals surface area contributed by atoms with Gasteiger partial charge in [-0.15, -0.1) is 10.2 Å². The molecular weight excluding hydrogens is 223 g/mol. The third-order valence-corrected chi connectivity index (χ3v) is 2.52. The minimum Gasteiger partial charge on any atom is -0.396 e. The minimum absolute atomic E-state index is 0.0816. The Kier molecular flexibility index (Phi) is 3.43. The average molecular weight is 236 g/mol. The van der Waals surface area contributed by atoms with E-state index in [1.165, 1.54) is 16.9 Å². The first-order chi connectivity index (χ1) is 8.19. The number of benzene rings is 1. The van der Waals surface area contributed by atoms with E-state index < -0.39 is 0 Å². The summed E-state index contributed by atoms with van der Waals surface area (Å²) in [5.74, 6) is 0.0127. The van der Waals surface area contributed by atoms with Crippen molar-refractivity contribution in [2.75, 3.05) is 6.61 Å². The molecule has 90 valence electrons. The van der Waals surface area contributed by atoms with Crippen molar-refractivity contribution in [1.29, 1.82) is 0 Å². The van der Waals surface area contributed by atoms with Gasteiger partial charge in [-0.2, -0.15) is 4.80 Å². The quantitative estimate of drug-likeness (QED) is 0.847. The Morgan fingerprint density at radius 1 is 1.47 bits per heavy atom. The maximum atomic E-state index is 13.1. The molecule has 17 heavy (non-hydrogen) atoms. The molecule has 0 saturated heterocycles. The monoisotopic (exact) mass is 236 g/mol. The fourth-order valence-corrected chi connectivity index (χ4v) is 1.67. The smallest absolute Gasteiger partial charge is 0.175 e. The highest BCUT2D eigenvalue weighted by atomic mass is 19.1. The fraction of sp³-hybridized carbons (Fsp3) is 0.364. The van der Waals surface area contributed by atoms with Gasteiger partial charge in [0.25, 0.3) is 0 Å². The van der Waals surface area contributed by atoms with Crippen LogP contribution in [0.3, 0.4) is 0 Å². The Labute approximate surface area is 97.9 Å². The molecule has 0 saturated carbocycles. The second kappa shape index (κ2) is 5.01. The van der Waals surface area contributed by atoms with Crippen molar-refractivity contribution in [3.63, 3.8) is 0 Å². The first kappa shape index (κ1) is 11.7. The number of nitrogens with zero attached hydrogens (tertiary/aromatic N) is 4. The van der Waals surface area contributed by atoms with E-state index in [1.807, 2.05) is 0 Å².